The molecular formula is C26H32O4. The highest BCUT2D eigenvalue weighted by atomic mass is 16.5. The zero-order valence-corrected chi connectivity index (χ0v) is 18.5. The van der Waals surface area contributed by atoms with Crippen molar-refractivity contribution in [3.63, 3.8) is 0 Å². The minimum absolute atomic E-state index is 0.0917. The molecule has 0 radical (unpaired) electrons. The van der Waals surface area contributed by atoms with Gasteiger partial charge in [-0.3, -0.25) is 4.79 Å². The third-order valence-electron chi connectivity index (χ3n) is 7.04. The van der Waals surface area contributed by atoms with Gasteiger partial charge in [-0.15, -0.1) is 0 Å². The molecule has 1 heterocycles. The van der Waals surface area contributed by atoms with Gasteiger partial charge >= 0.3 is 5.97 Å². The van der Waals surface area contributed by atoms with Gasteiger partial charge < -0.3 is 14.6 Å². The predicted octanol–water partition coefficient (Wildman–Crippen LogP) is 5.36. The van der Waals surface area contributed by atoms with Crippen LogP contribution in [0, 0.1) is 0 Å². The SMILES string of the molecule is CC1(C)CCC(C)(C)c2cc(COc3ccc(C4(CC(=O)O)COC4)cc3)ccc21. The molecule has 1 aliphatic carbocycles. The quantitative estimate of drug-likeness (QED) is 0.699. The molecule has 1 aliphatic heterocycles. The van der Waals surface area contributed by atoms with E-state index >= 15 is 0 Å². The second-order valence-electron chi connectivity index (χ2n) is 10.3. The second kappa shape index (κ2) is 7.42. The van der Waals surface area contributed by atoms with E-state index in [1.165, 1.54) is 29.5 Å². The highest BCUT2D eigenvalue weighted by Gasteiger charge is 2.42. The molecule has 0 aromatic heterocycles. The van der Waals surface area contributed by atoms with Crippen LogP contribution in [0.2, 0.25) is 0 Å². The molecule has 0 saturated carbocycles. The summed E-state index contributed by atoms with van der Waals surface area (Å²) >= 11 is 0. The molecule has 2 aliphatic rings. The lowest BCUT2D eigenvalue weighted by atomic mass is 9.63. The lowest BCUT2D eigenvalue weighted by Gasteiger charge is -2.42. The normalized spacial score (nSPS) is 20.7. The van der Waals surface area contributed by atoms with Crippen molar-refractivity contribution in [3.05, 3.63) is 64.7 Å². The molecule has 2 aromatic rings. The fourth-order valence-electron chi connectivity index (χ4n) is 4.81. The molecule has 4 heteroatoms. The van der Waals surface area contributed by atoms with Crippen molar-refractivity contribution in [3.8, 4) is 5.75 Å². The van der Waals surface area contributed by atoms with E-state index < -0.39 is 11.4 Å². The van der Waals surface area contributed by atoms with Gasteiger partial charge in [0.25, 0.3) is 0 Å². The average molecular weight is 409 g/mol. The third kappa shape index (κ3) is 3.85. The van der Waals surface area contributed by atoms with Gasteiger partial charge in [0.2, 0.25) is 0 Å². The Labute approximate surface area is 179 Å². The second-order valence-corrected chi connectivity index (χ2v) is 10.3. The van der Waals surface area contributed by atoms with Crippen molar-refractivity contribution in [2.24, 2.45) is 0 Å². The summed E-state index contributed by atoms with van der Waals surface area (Å²) < 4.78 is 11.4. The average Bonchev–Trinajstić information content (AvgIpc) is 2.67. The molecule has 4 nitrogen and oxygen atoms in total. The van der Waals surface area contributed by atoms with Crippen LogP contribution in [-0.4, -0.2) is 24.3 Å². The van der Waals surface area contributed by atoms with Crippen molar-refractivity contribution in [1.82, 2.24) is 0 Å². The number of ether oxygens (including phenoxy) is 2. The summed E-state index contributed by atoms with van der Waals surface area (Å²) in [6.07, 6.45) is 2.50. The molecule has 0 amide bonds. The Bertz CT molecular complexity index is 936. The first kappa shape index (κ1) is 20.9. The molecule has 0 bridgehead atoms. The summed E-state index contributed by atoms with van der Waals surface area (Å²) in [5.41, 5.74) is 5.08. The summed E-state index contributed by atoms with van der Waals surface area (Å²) in [6.45, 7) is 10.8. The minimum Gasteiger partial charge on any atom is -0.489 e. The molecule has 30 heavy (non-hydrogen) atoms. The van der Waals surface area contributed by atoms with Crippen LogP contribution in [0.25, 0.3) is 0 Å². The number of hydrogen-bond acceptors (Lipinski definition) is 3. The number of carbonyl (C=O) groups is 1. The third-order valence-corrected chi connectivity index (χ3v) is 7.04. The summed E-state index contributed by atoms with van der Waals surface area (Å²) in [5.74, 6) is -0.00100. The van der Waals surface area contributed by atoms with Gasteiger partial charge in [0.15, 0.2) is 0 Å². The standard InChI is InChI=1S/C26H32O4/c1-24(2)11-12-25(3,4)22-13-18(5-10-21(22)24)15-30-20-8-6-19(7-9-20)26(14-23(27)28)16-29-17-26/h5-10,13H,11-12,14-17H2,1-4H3,(H,27,28). The smallest absolute Gasteiger partial charge is 0.304 e. The van der Waals surface area contributed by atoms with E-state index in [2.05, 4.69) is 45.9 Å². The first-order valence-electron chi connectivity index (χ1n) is 10.8. The Morgan fingerprint density at radius 2 is 1.60 bits per heavy atom. The van der Waals surface area contributed by atoms with Crippen molar-refractivity contribution in [1.29, 1.82) is 0 Å². The Kier molecular flexibility index (Phi) is 5.17. The summed E-state index contributed by atoms with van der Waals surface area (Å²) in [5, 5.41) is 9.21. The molecular weight excluding hydrogens is 376 g/mol. The van der Waals surface area contributed by atoms with Gasteiger partial charge in [0, 0.05) is 0 Å². The largest absolute Gasteiger partial charge is 0.489 e. The van der Waals surface area contributed by atoms with Crippen LogP contribution in [0.1, 0.15) is 69.2 Å². The maximum absolute atomic E-state index is 11.2. The Morgan fingerprint density at radius 1 is 0.967 bits per heavy atom. The monoisotopic (exact) mass is 408 g/mol. The zero-order chi connectivity index (χ0) is 21.6. The van der Waals surface area contributed by atoms with Crippen molar-refractivity contribution in [2.45, 2.75) is 69.8 Å². The van der Waals surface area contributed by atoms with E-state index in [1.54, 1.807) is 0 Å². The summed E-state index contributed by atoms with van der Waals surface area (Å²) in [4.78, 5) is 11.2. The van der Waals surface area contributed by atoms with Gasteiger partial charge in [-0.2, -0.15) is 0 Å². The lowest BCUT2D eigenvalue weighted by Crippen LogP contribution is -2.48. The van der Waals surface area contributed by atoms with Gasteiger partial charge in [0.1, 0.15) is 12.4 Å². The number of rotatable bonds is 6. The van der Waals surface area contributed by atoms with E-state index in [-0.39, 0.29) is 17.3 Å². The molecule has 0 atom stereocenters. The molecule has 4 rings (SSSR count). The van der Waals surface area contributed by atoms with E-state index in [1.807, 2.05) is 24.3 Å². The molecule has 0 unspecified atom stereocenters. The molecule has 1 fully saturated rings. The van der Waals surface area contributed by atoms with Crippen LogP contribution in [0.15, 0.2) is 42.5 Å². The summed E-state index contributed by atoms with van der Waals surface area (Å²) in [6, 6.07) is 14.6. The number of aliphatic carboxylic acids is 1. The molecule has 1 N–H and O–H groups in total. The highest BCUT2D eigenvalue weighted by Crippen LogP contribution is 2.46. The Hall–Kier alpha value is -2.33. The van der Waals surface area contributed by atoms with Crippen LogP contribution in [0.4, 0.5) is 0 Å². The fraction of sp³-hybridized carbons (Fsp3) is 0.500. The van der Waals surface area contributed by atoms with Crippen molar-refractivity contribution in [2.75, 3.05) is 13.2 Å². The van der Waals surface area contributed by atoms with Crippen LogP contribution >= 0.6 is 0 Å². The molecule has 2 aromatic carbocycles. The van der Waals surface area contributed by atoms with Crippen molar-refractivity contribution < 1.29 is 19.4 Å². The first-order chi connectivity index (χ1) is 14.1. The van der Waals surface area contributed by atoms with Gasteiger partial charge in [-0.25, -0.2) is 0 Å². The van der Waals surface area contributed by atoms with Crippen LogP contribution in [-0.2, 0) is 32.4 Å². The fourth-order valence-corrected chi connectivity index (χ4v) is 4.81. The number of hydrogen-bond donors (Lipinski definition) is 1. The molecule has 160 valence electrons. The first-order valence-corrected chi connectivity index (χ1v) is 10.8. The predicted molar refractivity (Wildman–Crippen MR) is 117 cm³/mol. The highest BCUT2D eigenvalue weighted by molar-refractivity contribution is 5.69. The number of carboxylic acids is 1. The number of carboxylic acid groups (broad SMARTS) is 1. The van der Waals surface area contributed by atoms with Gasteiger partial charge in [-0.05, 0) is 58.1 Å². The minimum atomic E-state index is -0.794. The van der Waals surface area contributed by atoms with Gasteiger partial charge in [0.05, 0.1) is 25.0 Å². The topological polar surface area (TPSA) is 55.8 Å². The van der Waals surface area contributed by atoms with E-state index in [0.717, 1.165) is 11.3 Å². The Balaban J connectivity index is 1.47. The van der Waals surface area contributed by atoms with E-state index in [9.17, 15) is 9.90 Å². The maximum Gasteiger partial charge on any atom is 0.304 e. The van der Waals surface area contributed by atoms with Gasteiger partial charge in [-0.1, -0.05) is 58.0 Å². The van der Waals surface area contributed by atoms with Crippen LogP contribution < -0.4 is 4.74 Å². The van der Waals surface area contributed by atoms with E-state index in [4.69, 9.17) is 9.47 Å². The van der Waals surface area contributed by atoms with E-state index in [0.29, 0.717) is 19.8 Å². The number of benzene rings is 2. The van der Waals surface area contributed by atoms with Crippen molar-refractivity contribution >= 4 is 5.97 Å². The van der Waals surface area contributed by atoms with Crippen LogP contribution in [0.3, 0.4) is 0 Å². The summed E-state index contributed by atoms with van der Waals surface area (Å²) in [7, 11) is 0. The lowest BCUT2D eigenvalue weighted by molar-refractivity contribution is -0.145. The Morgan fingerprint density at radius 3 is 2.17 bits per heavy atom. The molecule has 1 saturated heterocycles. The molecule has 0 spiro atoms. The maximum atomic E-state index is 11.2. The van der Waals surface area contributed by atoms with Crippen LogP contribution in [0.5, 0.6) is 5.75 Å². The number of fused-ring (bicyclic) bond motifs is 1. The zero-order valence-electron chi connectivity index (χ0n) is 18.5.